The molecule has 0 aromatic heterocycles. The Bertz CT molecular complexity index is 958. The summed E-state index contributed by atoms with van der Waals surface area (Å²) in [5.41, 5.74) is 4.87. The maximum absolute atomic E-state index is 6.08. The molecule has 0 saturated heterocycles. The van der Waals surface area contributed by atoms with Gasteiger partial charge in [0.15, 0.2) is 5.11 Å². The molecule has 1 heterocycles. The SMILES string of the molecule is S=C(NCc1ccccc1OCc1ccccc1)N1CCCCc2ccccc21. The molecule has 0 atom stereocenters. The van der Waals surface area contributed by atoms with Gasteiger partial charge in [-0.2, -0.15) is 0 Å². The number of thiocarbonyl (C=S) groups is 1. The molecule has 0 aliphatic carbocycles. The Labute approximate surface area is 178 Å². The van der Waals surface area contributed by atoms with Crippen molar-refractivity contribution in [2.45, 2.75) is 32.4 Å². The molecular weight excluding hydrogens is 376 g/mol. The number of anilines is 1. The van der Waals surface area contributed by atoms with Gasteiger partial charge in [-0.15, -0.1) is 0 Å². The second-order valence-corrected chi connectivity index (χ2v) is 7.66. The molecule has 0 unspecified atom stereocenters. The summed E-state index contributed by atoms with van der Waals surface area (Å²) >= 11 is 5.77. The van der Waals surface area contributed by atoms with Crippen molar-refractivity contribution in [2.24, 2.45) is 0 Å². The first-order chi connectivity index (χ1) is 14.3. The van der Waals surface area contributed by atoms with Crippen LogP contribution in [0.5, 0.6) is 5.75 Å². The number of para-hydroxylation sites is 2. The zero-order valence-corrected chi connectivity index (χ0v) is 17.3. The number of nitrogens with one attached hydrogen (secondary N) is 1. The smallest absolute Gasteiger partial charge is 0.173 e. The molecule has 4 rings (SSSR count). The van der Waals surface area contributed by atoms with Crippen molar-refractivity contribution in [1.29, 1.82) is 0 Å². The van der Waals surface area contributed by atoms with Gasteiger partial charge in [-0.25, -0.2) is 0 Å². The second kappa shape index (κ2) is 9.57. The average Bonchev–Trinajstić information content (AvgIpc) is 3.00. The predicted octanol–water partition coefficient (Wildman–Crippen LogP) is 5.48. The molecule has 3 aromatic rings. The van der Waals surface area contributed by atoms with Crippen LogP contribution in [0.25, 0.3) is 0 Å². The first kappa shape index (κ1) is 19.5. The van der Waals surface area contributed by atoms with Crippen LogP contribution < -0.4 is 15.0 Å². The Balaban J connectivity index is 1.42. The van der Waals surface area contributed by atoms with Crippen molar-refractivity contribution in [3.63, 3.8) is 0 Å². The van der Waals surface area contributed by atoms with E-state index in [1.54, 1.807) is 0 Å². The lowest BCUT2D eigenvalue weighted by Crippen LogP contribution is -2.40. The van der Waals surface area contributed by atoms with Gasteiger partial charge in [-0.05, 0) is 54.7 Å². The number of hydrogen-bond acceptors (Lipinski definition) is 2. The van der Waals surface area contributed by atoms with E-state index in [1.807, 2.05) is 36.4 Å². The van der Waals surface area contributed by atoms with Gasteiger partial charge < -0.3 is 15.0 Å². The van der Waals surface area contributed by atoms with Gasteiger partial charge in [0.05, 0.1) is 0 Å². The molecule has 4 heteroatoms. The van der Waals surface area contributed by atoms with Gasteiger partial charge in [0, 0.05) is 24.3 Å². The van der Waals surface area contributed by atoms with E-state index < -0.39 is 0 Å². The van der Waals surface area contributed by atoms with E-state index in [0.29, 0.717) is 13.2 Å². The van der Waals surface area contributed by atoms with Crippen molar-refractivity contribution in [1.82, 2.24) is 5.32 Å². The van der Waals surface area contributed by atoms with Gasteiger partial charge in [0.1, 0.15) is 12.4 Å². The van der Waals surface area contributed by atoms with Gasteiger partial charge in [-0.1, -0.05) is 66.7 Å². The summed E-state index contributed by atoms with van der Waals surface area (Å²) in [7, 11) is 0. The number of ether oxygens (including phenoxy) is 1. The van der Waals surface area contributed by atoms with Crippen LogP contribution >= 0.6 is 12.2 Å². The fraction of sp³-hybridized carbons (Fsp3) is 0.240. The summed E-state index contributed by atoms with van der Waals surface area (Å²) < 4.78 is 6.08. The second-order valence-electron chi connectivity index (χ2n) is 7.28. The zero-order valence-electron chi connectivity index (χ0n) is 16.5. The Morgan fingerprint density at radius 3 is 2.55 bits per heavy atom. The minimum atomic E-state index is 0.557. The molecule has 148 valence electrons. The molecule has 3 aromatic carbocycles. The predicted molar refractivity (Wildman–Crippen MR) is 123 cm³/mol. The number of rotatable bonds is 5. The molecule has 3 nitrogen and oxygen atoms in total. The van der Waals surface area contributed by atoms with E-state index in [4.69, 9.17) is 17.0 Å². The summed E-state index contributed by atoms with van der Waals surface area (Å²) in [5, 5.41) is 4.23. The highest BCUT2D eigenvalue weighted by Gasteiger charge is 2.18. The van der Waals surface area contributed by atoms with E-state index in [1.165, 1.54) is 17.7 Å². The van der Waals surface area contributed by atoms with Crippen LogP contribution in [0.1, 0.15) is 29.5 Å². The van der Waals surface area contributed by atoms with E-state index >= 15 is 0 Å². The Morgan fingerprint density at radius 1 is 0.897 bits per heavy atom. The number of nitrogens with zero attached hydrogens (tertiary/aromatic N) is 1. The van der Waals surface area contributed by atoms with Crippen LogP contribution in [0.3, 0.4) is 0 Å². The number of aryl methyl sites for hydroxylation is 1. The molecule has 0 spiro atoms. The zero-order chi connectivity index (χ0) is 19.9. The molecule has 29 heavy (non-hydrogen) atoms. The molecule has 0 radical (unpaired) electrons. The molecule has 1 aliphatic heterocycles. The topological polar surface area (TPSA) is 24.5 Å². The first-order valence-electron chi connectivity index (χ1n) is 10.2. The lowest BCUT2D eigenvalue weighted by Gasteiger charge is -2.26. The monoisotopic (exact) mass is 402 g/mol. The fourth-order valence-electron chi connectivity index (χ4n) is 3.69. The molecule has 0 fully saturated rings. The minimum Gasteiger partial charge on any atom is -0.489 e. The maximum Gasteiger partial charge on any atom is 0.173 e. The van der Waals surface area contributed by atoms with E-state index in [-0.39, 0.29) is 0 Å². The highest BCUT2D eigenvalue weighted by molar-refractivity contribution is 7.80. The average molecular weight is 403 g/mol. The highest BCUT2D eigenvalue weighted by Crippen LogP contribution is 2.26. The Hall–Kier alpha value is -2.85. The summed E-state index contributed by atoms with van der Waals surface area (Å²) in [6, 6.07) is 27.0. The van der Waals surface area contributed by atoms with E-state index in [2.05, 4.69) is 52.7 Å². The van der Waals surface area contributed by atoms with Gasteiger partial charge >= 0.3 is 0 Å². The van der Waals surface area contributed by atoms with E-state index in [9.17, 15) is 0 Å². The summed E-state index contributed by atoms with van der Waals surface area (Å²) in [6.45, 7) is 2.15. The van der Waals surface area contributed by atoms with Gasteiger partial charge in [0.25, 0.3) is 0 Å². The van der Waals surface area contributed by atoms with Crippen molar-refractivity contribution in [2.75, 3.05) is 11.4 Å². The summed E-state index contributed by atoms with van der Waals surface area (Å²) in [6.07, 6.45) is 3.46. The third kappa shape index (κ3) is 4.96. The highest BCUT2D eigenvalue weighted by atomic mass is 32.1. The van der Waals surface area contributed by atoms with Gasteiger partial charge in [-0.3, -0.25) is 0 Å². The molecule has 1 aliphatic rings. The Kier molecular flexibility index (Phi) is 6.42. The van der Waals surface area contributed by atoms with Crippen LogP contribution in [-0.2, 0) is 19.6 Å². The van der Waals surface area contributed by atoms with Crippen molar-refractivity contribution < 1.29 is 4.74 Å². The van der Waals surface area contributed by atoms with E-state index in [0.717, 1.165) is 41.4 Å². The standard InChI is InChI=1S/C25H26N2OS/c29-25(27-17-9-8-13-21-12-4-6-15-23(21)27)26-18-22-14-5-7-16-24(22)28-19-20-10-2-1-3-11-20/h1-7,10-12,14-16H,8-9,13,17-19H2,(H,26,29). The number of fused-ring (bicyclic) bond motifs is 1. The van der Waals surface area contributed by atoms with Crippen LogP contribution in [0, 0.1) is 0 Å². The molecular formula is C25H26N2OS. The summed E-state index contributed by atoms with van der Waals surface area (Å²) in [4.78, 5) is 2.24. The molecule has 0 saturated carbocycles. The molecule has 1 N–H and O–H groups in total. The number of hydrogen-bond donors (Lipinski definition) is 1. The normalized spacial score (nSPS) is 13.3. The quantitative estimate of drug-likeness (QED) is 0.571. The maximum atomic E-state index is 6.08. The van der Waals surface area contributed by atoms with Crippen molar-refractivity contribution >= 4 is 23.0 Å². The lowest BCUT2D eigenvalue weighted by molar-refractivity contribution is 0.302. The number of benzene rings is 3. The largest absolute Gasteiger partial charge is 0.489 e. The molecule has 0 amide bonds. The van der Waals surface area contributed by atoms with Gasteiger partial charge in [0.2, 0.25) is 0 Å². The van der Waals surface area contributed by atoms with Crippen LogP contribution in [0.15, 0.2) is 78.9 Å². The summed E-state index contributed by atoms with van der Waals surface area (Å²) in [5.74, 6) is 0.892. The Morgan fingerprint density at radius 2 is 1.66 bits per heavy atom. The first-order valence-corrected chi connectivity index (χ1v) is 10.6. The molecule has 0 bridgehead atoms. The van der Waals surface area contributed by atoms with Crippen molar-refractivity contribution in [3.8, 4) is 5.75 Å². The van der Waals surface area contributed by atoms with Crippen LogP contribution in [0.4, 0.5) is 5.69 Å². The fourth-order valence-corrected chi connectivity index (χ4v) is 3.96. The van der Waals surface area contributed by atoms with Crippen LogP contribution in [-0.4, -0.2) is 11.7 Å². The van der Waals surface area contributed by atoms with Crippen LogP contribution in [0.2, 0.25) is 0 Å². The third-order valence-electron chi connectivity index (χ3n) is 5.25. The lowest BCUT2D eigenvalue weighted by atomic mass is 10.1. The third-order valence-corrected chi connectivity index (χ3v) is 5.61. The minimum absolute atomic E-state index is 0.557. The van der Waals surface area contributed by atoms with Crippen molar-refractivity contribution in [3.05, 3.63) is 95.6 Å².